The van der Waals surface area contributed by atoms with Gasteiger partial charge >= 0.3 is 0 Å². The number of nitro groups is 1. The molecule has 15 heavy (non-hydrogen) atoms. The number of halogens is 1. The molecular weight excluding hydrogens is 216 g/mol. The van der Waals surface area contributed by atoms with E-state index >= 15 is 0 Å². The van der Waals surface area contributed by atoms with E-state index < -0.39 is 4.92 Å². The van der Waals surface area contributed by atoms with Gasteiger partial charge in [-0.15, -0.1) is 0 Å². The molecule has 1 N–H and O–H groups in total. The molecule has 5 heteroatoms. The van der Waals surface area contributed by atoms with Crippen molar-refractivity contribution >= 4 is 17.3 Å². The van der Waals surface area contributed by atoms with Crippen molar-refractivity contribution < 1.29 is 4.92 Å². The third-order valence-electron chi connectivity index (χ3n) is 2.44. The van der Waals surface area contributed by atoms with Gasteiger partial charge in [0.15, 0.2) is 0 Å². The molecule has 1 aliphatic carbocycles. The van der Waals surface area contributed by atoms with Crippen molar-refractivity contribution in [1.29, 1.82) is 0 Å². The minimum atomic E-state index is -0.393. The fourth-order valence-electron chi connectivity index (χ4n) is 1.43. The molecule has 0 saturated heterocycles. The highest BCUT2D eigenvalue weighted by Crippen LogP contribution is 2.27. The van der Waals surface area contributed by atoms with E-state index in [1.54, 1.807) is 12.1 Å². The summed E-state index contributed by atoms with van der Waals surface area (Å²) >= 11 is 5.93. The maximum atomic E-state index is 10.8. The number of benzene rings is 1. The van der Waals surface area contributed by atoms with Crippen LogP contribution in [-0.4, -0.2) is 11.0 Å². The van der Waals surface area contributed by atoms with Crippen LogP contribution < -0.4 is 5.32 Å². The van der Waals surface area contributed by atoms with Crippen LogP contribution in [-0.2, 0) is 6.54 Å². The number of hydrogen-bond donors (Lipinski definition) is 1. The van der Waals surface area contributed by atoms with Gasteiger partial charge < -0.3 is 5.32 Å². The molecular formula is C10H11ClN2O2. The second-order valence-corrected chi connectivity index (χ2v) is 4.06. The standard InChI is InChI=1S/C10H11ClN2O2/c11-9-2-1-3-10(13(14)15)8(9)6-12-7-4-5-7/h1-3,7,12H,4-6H2. The molecule has 4 nitrogen and oxygen atoms in total. The summed E-state index contributed by atoms with van der Waals surface area (Å²) in [5, 5.41) is 14.4. The van der Waals surface area contributed by atoms with Crippen LogP contribution in [0.15, 0.2) is 18.2 Å². The molecule has 0 atom stereocenters. The molecule has 0 spiro atoms. The van der Waals surface area contributed by atoms with E-state index in [0.29, 0.717) is 23.2 Å². The normalized spacial score (nSPS) is 15.3. The summed E-state index contributed by atoms with van der Waals surface area (Å²) in [6, 6.07) is 5.27. The van der Waals surface area contributed by atoms with Gasteiger partial charge in [-0.2, -0.15) is 0 Å². The molecule has 80 valence electrons. The topological polar surface area (TPSA) is 55.2 Å². The van der Waals surface area contributed by atoms with Crippen LogP contribution in [0.5, 0.6) is 0 Å². The average molecular weight is 227 g/mol. The summed E-state index contributed by atoms with van der Waals surface area (Å²) in [7, 11) is 0. The zero-order valence-electron chi connectivity index (χ0n) is 8.07. The third-order valence-corrected chi connectivity index (χ3v) is 2.79. The number of hydrogen-bond acceptors (Lipinski definition) is 3. The number of nitrogens with zero attached hydrogens (tertiary/aromatic N) is 1. The van der Waals surface area contributed by atoms with Crippen molar-refractivity contribution in [2.24, 2.45) is 0 Å². The SMILES string of the molecule is O=[N+]([O-])c1cccc(Cl)c1CNC1CC1. The Hall–Kier alpha value is -1.13. The average Bonchev–Trinajstić information content (AvgIpc) is 2.99. The Morgan fingerprint density at radius 1 is 1.53 bits per heavy atom. The van der Waals surface area contributed by atoms with Gasteiger partial charge in [-0.1, -0.05) is 17.7 Å². The molecule has 0 radical (unpaired) electrons. The molecule has 1 saturated carbocycles. The minimum Gasteiger partial charge on any atom is -0.310 e. The molecule has 0 aliphatic heterocycles. The molecule has 1 aliphatic rings. The van der Waals surface area contributed by atoms with Gasteiger partial charge in [-0.25, -0.2) is 0 Å². The van der Waals surface area contributed by atoms with E-state index in [2.05, 4.69) is 5.32 Å². The number of nitrogens with one attached hydrogen (secondary N) is 1. The van der Waals surface area contributed by atoms with Gasteiger partial charge in [0.25, 0.3) is 5.69 Å². The summed E-state index contributed by atoms with van der Waals surface area (Å²) in [6.45, 7) is 0.473. The van der Waals surface area contributed by atoms with Crippen molar-refractivity contribution in [2.75, 3.05) is 0 Å². The highest BCUT2D eigenvalue weighted by Gasteiger charge is 2.23. The van der Waals surface area contributed by atoms with Gasteiger partial charge in [0.2, 0.25) is 0 Å². The Labute approximate surface area is 92.4 Å². The van der Waals surface area contributed by atoms with Gasteiger partial charge in [0.05, 0.1) is 15.5 Å². The van der Waals surface area contributed by atoms with Crippen molar-refractivity contribution in [3.63, 3.8) is 0 Å². The zero-order chi connectivity index (χ0) is 10.8. The molecule has 1 aromatic carbocycles. The lowest BCUT2D eigenvalue weighted by Gasteiger charge is -2.05. The predicted molar refractivity (Wildman–Crippen MR) is 58.0 cm³/mol. The van der Waals surface area contributed by atoms with Crippen molar-refractivity contribution in [3.8, 4) is 0 Å². The van der Waals surface area contributed by atoms with Crippen molar-refractivity contribution in [2.45, 2.75) is 25.4 Å². The van der Waals surface area contributed by atoms with E-state index in [1.165, 1.54) is 6.07 Å². The van der Waals surface area contributed by atoms with Crippen LogP contribution in [0.2, 0.25) is 5.02 Å². The maximum Gasteiger partial charge on any atom is 0.275 e. The van der Waals surface area contributed by atoms with Gasteiger partial charge in [-0.3, -0.25) is 10.1 Å². The first-order chi connectivity index (χ1) is 7.18. The molecule has 1 fully saturated rings. The smallest absolute Gasteiger partial charge is 0.275 e. The van der Waals surface area contributed by atoms with Crippen LogP contribution in [0.1, 0.15) is 18.4 Å². The van der Waals surface area contributed by atoms with E-state index in [-0.39, 0.29) is 5.69 Å². The van der Waals surface area contributed by atoms with Crippen LogP contribution in [0, 0.1) is 10.1 Å². The monoisotopic (exact) mass is 226 g/mol. The fourth-order valence-corrected chi connectivity index (χ4v) is 1.66. The summed E-state index contributed by atoms with van der Waals surface area (Å²) in [4.78, 5) is 10.4. The Balaban J connectivity index is 2.20. The first-order valence-corrected chi connectivity index (χ1v) is 5.21. The Morgan fingerprint density at radius 3 is 2.87 bits per heavy atom. The lowest BCUT2D eigenvalue weighted by molar-refractivity contribution is -0.385. The minimum absolute atomic E-state index is 0.0932. The first-order valence-electron chi connectivity index (χ1n) is 4.83. The Kier molecular flexibility index (Phi) is 2.88. The van der Waals surface area contributed by atoms with Crippen molar-refractivity contribution in [1.82, 2.24) is 5.32 Å². The summed E-state index contributed by atoms with van der Waals surface area (Å²) in [5.74, 6) is 0. The maximum absolute atomic E-state index is 10.8. The quantitative estimate of drug-likeness (QED) is 0.634. The summed E-state index contributed by atoms with van der Waals surface area (Å²) in [5.41, 5.74) is 0.673. The third kappa shape index (κ3) is 2.46. The van der Waals surface area contributed by atoms with E-state index in [1.807, 2.05) is 0 Å². The van der Waals surface area contributed by atoms with E-state index in [4.69, 9.17) is 11.6 Å². The molecule has 1 aromatic rings. The van der Waals surface area contributed by atoms with Crippen LogP contribution >= 0.6 is 11.6 Å². The second-order valence-electron chi connectivity index (χ2n) is 3.65. The lowest BCUT2D eigenvalue weighted by Crippen LogP contribution is -2.16. The molecule has 0 unspecified atom stereocenters. The highest BCUT2D eigenvalue weighted by molar-refractivity contribution is 6.31. The first kappa shape index (κ1) is 10.4. The summed E-state index contributed by atoms with van der Waals surface area (Å²) < 4.78 is 0. The van der Waals surface area contributed by atoms with Crippen molar-refractivity contribution in [3.05, 3.63) is 38.9 Å². The van der Waals surface area contributed by atoms with E-state index in [0.717, 1.165) is 12.8 Å². The molecule has 0 heterocycles. The largest absolute Gasteiger partial charge is 0.310 e. The molecule has 0 bridgehead atoms. The lowest BCUT2D eigenvalue weighted by atomic mass is 10.2. The van der Waals surface area contributed by atoms with Crippen LogP contribution in [0.25, 0.3) is 0 Å². The molecule has 0 aromatic heterocycles. The second kappa shape index (κ2) is 4.16. The van der Waals surface area contributed by atoms with Gasteiger partial charge in [0.1, 0.15) is 0 Å². The van der Waals surface area contributed by atoms with E-state index in [9.17, 15) is 10.1 Å². The van der Waals surface area contributed by atoms with Gasteiger partial charge in [0, 0.05) is 18.7 Å². The summed E-state index contributed by atoms with van der Waals surface area (Å²) in [6.07, 6.45) is 2.30. The fraction of sp³-hybridized carbons (Fsp3) is 0.400. The Morgan fingerprint density at radius 2 is 2.27 bits per heavy atom. The number of rotatable bonds is 4. The highest BCUT2D eigenvalue weighted by atomic mass is 35.5. The van der Waals surface area contributed by atoms with Crippen LogP contribution in [0.3, 0.4) is 0 Å². The predicted octanol–water partition coefficient (Wildman–Crippen LogP) is 2.50. The van der Waals surface area contributed by atoms with Gasteiger partial charge in [-0.05, 0) is 18.9 Å². The molecule has 0 amide bonds. The number of nitro benzene ring substituents is 1. The molecule has 2 rings (SSSR count). The zero-order valence-corrected chi connectivity index (χ0v) is 8.83. The Bertz CT molecular complexity index is 391. The van der Waals surface area contributed by atoms with Crippen LogP contribution in [0.4, 0.5) is 5.69 Å².